The zero-order chi connectivity index (χ0) is 16.2. The minimum absolute atomic E-state index is 0.0203. The molecule has 2 aromatic heterocycles. The van der Waals surface area contributed by atoms with Gasteiger partial charge in [0.1, 0.15) is 11.4 Å². The lowest BCUT2D eigenvalue weighted by atomic mass is 10.1. The van der Waals surface area contributed by atoms with Crippen molar-refractivity contribution in [2.75, 3.05) is 5.75 Å². The summed E-state index contributed by atoms with van der Waals surface area (Å²) in [4.78, 5) is 20.6. The summed E-state index contributed by atoms with van der Waals surface area (Å²) < 4.78 is 1.69. The Morgan fingerprint density at radius 1 is 1.30 bits per heavy atom. The fraction of sp³-hybridized carbons (Fsp3) is 0.250. The van der Waals surface area contributed by atoms with Gasteiger partial charge in [-0.25, -0.2) is 9.97 Å². The summed E-state index contributed by atoms with van der Waals surface area (Å²) in [7, 11) is 1.83. The van der Waals surface area contributed by atoms with Crippen LogP contribution in [0.5, 0.6) is 0 Å². The Bertz CT molecular complexity index is 818. The SMILES string of the molecule is CC(NC(=O)CSc1ncnc2c1cnn2C)c1ccccc1. The van der Waals surface area contributed by atoms with Gasteiger partial charge in [0.2, 0.25) is 5.91 Å². The zero-order valence-electron chi connectivity index (χ0n) is 12.9. The summed E-state index contributed by atoms with van der Waals surface area (Å²) >= 11 is 1.39. The van der Waals surface area contributed by atoms with Gasteiger partial charge in [-0.1, -0.05) is 42.1 Å². The Morgan fingerprint density at radius 3 is 2.87 bits per heavy atom. The molecule has 7 heteroatoms. The Balaban J connectivity index is 1.62. The highest BCUT2D eigenvalue weighted by molar-refractivity contribution is 8.00. The summed E-state index contributed by atoms with van der Waals surface area (Å²) in [5.74, 6) is 0.278. The van der Waals surface area contributed by atoms with Crippen molar-refractivity contribution in [2.45, 2.75) is 18.0 Å². The predicted molar refractivity (Wildman–Crippen MR) is 90.0 cm³/mol. The summed E-state index contributed by atoms with van der Waals surface area (Å²) in [5.41, 5.74) is 1.85. The molecule has 1 N–H and O–H groups in total. The molecule has 2 heterocycles. The van der Waals surface area contributed by atoms with Gasteiger partial charge in [0, 0.05) is 7.05 Å². The molecular formula is C16H17N5OS. The van der Waals surface area contributed by atoms with Crippen molar-refractivity contribution >= 4 is 28.7 Å². The van der Waals surface area contributed by atoms with Crippen LogP contribution in [0.25, 0.3) is 11.0 Å². The van der Waals surface area contributed by atoms with E-state index in [9.17, 15) is 4.79 Å². The third kappa shape index (κ3) is 3.50. The molecule has 1 unspecified atom stereocenters. The van der Waals surface area contributed by atoms with Crippen LogP contribution in [-0.4, -0.2) is 31.4 Å². The minimum atomic E-state index is -0.0259. The molecule has 0 aliphatic heterocycles. The van der Waals surface area contributed by atoms with Gasteiger partial charge < -0.3 is 5.32 Å². The molecule has 0 aliphatic rings. The first-order chi connectivity index (χ1) is 11.1. The summed E-state index contributed by atoms with van der Waals surface area (Å²) in [6, 6.07) is 9.87. The molecule has 118 valence electrons. The van der Waals surface area contributed by atoms with Gasteiger partial charge in [0.05, 0.1) is 23.4 Å². The number of carbonyl (C=O) groups excluding carboxylic acids is 1. The monoisotopic (exact) mass is 327 g/mol. The van der Waals surface area contributed by atoms with Crippen LogP contribution in [0.15, 0.2) is 47.9 Å². The van der Waals surface area contributed by atoms with Crippen molar-refractivity contribution in [1.82, 2.24) is 25.1 Å². The summed E-state index contributed by atoms with van der Waals surface area (Å²) in [5, 5.41) is 8.80. The lowest BCUT2D eigenvalue weighted by Gasteiger charge is -2.14. The lowest BCUT2D eigenvalue weighted by Crippen LogP contribution is -2.28. The van der Waals surface area contributed by atoms with Crippen LogP contribution in [0, 0.1) is 0 Å². The number of nitrogens with one attached hydrogen (secondary N) is 1. The van der Waals surface area contributed by atoms with E-state index in [4.69, 9.17) is 0 Å². The van der Waals surface area contributed by atoms with Gasteiger partial charge >= 0.3 is 0 Å². The van der Waals surface area contributed by atoms with Crippen molar-refractivity contribution in [2.24, 2.45) is 7.05 Å². The van der Waals surface area contributed by atoms with Crippen LogP contribution in [0.4, 0.5) is 0 Å². The topological polar surface area (TPSA) is 72.7 Å². The van der Waals surface area contributed by atoms with E-state index >= 15 is 0 Å². The Kier molecular flexibility index (Phi) is 4.57. The molecule has 1 amide bonds. The van der Waals surface area contributed by atoms with E-state index in [1.807, 2.05) is 44.3 Å². The Morgan fingerprint density at radius 2 is 2.09 bits per heavy atom. The van der Waals surface area contributed by atoms with Crippen LogP contribution in [-0.2, 0) is 11.8 Å². The third-order valence-electron chi connectivity index (χ3n) is 3.51. The van der Waals surface area contributed by atoms with Crippen molar-refractivity contribution in [1.29, 1.82) is 0 Å². The van der Waals surface area contributed by atoms with E-state index in [0.717, 1.165) is 21.6 Å². The average molecular weight is 327 g/mol. The highest BCUT2D eigenvalue weighted by Crippen LogP contribution is 2.23. The van der Waals surface area contributed by atoms with Crippen LogP contribution in [0.1, 0.15) is 18.5 Å². The molecule has 1 aromatic carbocycles. The minimum Gasteiger partial charge on any atom is -0.349 e. The van der Waals surface area contributed by atoms with Crippen LogP contribution in [0.2, 0.25) is 0 Å². The van der Waals surface area contributed by atoms with Gasteiger partial charge in [-0.05, 0) is 12.5 Å². The summed E-state index contributed by atoms with van der Waals surface area (Å²) in [6.07, 6.45) is 3.22. The first-order valence-electron chi connectivity index (χ1n) is 7.25. The lowest BCUT2D eigenvalue weighted by molar-refractivity contribution is -0.119. The van der Waals surface area contributed by atoms with Gasteiger partial charge in [0.25, 0.3) is 0 Å². The summed E-state index contributed by atoms with van der Waals surface area (Å²) in [6.45, 7) is 1.97. The van der Waals surface area contributed by atoms with E-state index < -0.39 is 0 Å². The van der Waals surface area contributed by atoms with Crippen molar-refractivity contribution < 1.29 is 4.79 Å². The van der Waals surface area contributed by atoms with Crippen molar-refractivity contribution in [3.05, 3.63) is 48.4 Å². The molecule has 0 fully saturated rings. The van der Waals surface area contributed by atoms with Crippen molar-refractivity contribution in [3.8, 4) is 0 Å². The number of aromatic nitrogens is 4. The van der Waals surface area contributed by atoms with E-state index in [-0.39, 0.29) is 11.9 Å². The fourth-order valence-corrected chi connectivity index (χ4v) is 3.07. The van der Waals surface area contributed by atoms with Crippen LogP contribution in [0.3, 0.4) is 0 Å². The molecule has 3 aromatic rings. The maximum atomic E-state index is 12.1. The molecule has 23 heavy (non-hydrogen) atoms. The van der Waals surface area contributed by atoms with Gasteiger partial charge in [-0.2, -0.15) is 5.10 Å². The van der Waals surface area contributed by atoms with Crippen LogP contribution < -0.4 is 5.32 Å². The number of benzene rings is 1. The zero-order valence-corrected chi connectivity index (χ0v) is 13.7. The number of aryl methyl sites for hydroxylation is 1. The molecule has 0 saturated carbocycles. The normalized spacial score (nSPS) is 12.3. The highest BCUT2D eigenvalue weighted by atomic mass is 32.2. The number of carbonyl (C=O) groups is 1. The second-order valence-electron chi connectivity index (χ2n) is 5.17. The highest BCUT2D eigenvalue weighted by Gasteiger charge is 2.12. The number of hydrogen-bond donors (Lipinski definition) is 1. The van der Waals surface area contributed by atoms with Gasteiger partial charge in [0.15, 0.2) is 5.65 Å². The Labute approximate surface area is 138 Å². The number of thioether (sulfide) groups is 1. The molecular weight excluding hydrogens is 310 g/mol. The fourth-order valence-electron chi connectivity index (χ4n) is 2.30. The number of rotatable bonds is 5. The maximum Gasteiger partial charge on any atom is 0.230 e. The largest absolute Gasteiger partial charge is 0.349 e. The molecule has 0 bridgehead atoms. The average Bonchev–Trinajstić information content (AvgIpc) is 2.96. The Hall–Kier alpha value is -2.41. The van der Waals surface area contributed by atoms with E-state index in [1.54, 1.807) is 10.9 Å². The molecule has 0 saturated heterocycles. The van der Waals surface area contributed by atoms with Gasteiger partial charge in [-0.15, -0.1) is 0 Å². The third-order valence-corrected chi connectivity index (χ3v) is 4.52. The van der Waals surface area contributed by atoms with Crippen molar-refractivity contribution in [3.63, 3.8) is 0 Å². The number of hydrogen-bond acceptors (Lipinski definition) is 5. The van der Waals surface area contributed by atoms with Crippen LogP contribution >= 0.6 is 11.8 Å². The number of amides is 1. The standard InChI is InChI=1S/C16H17N5OS/c1-11(12-6-4-3-5-7-12)20-14(22)9-23-16-13-8-19-21(2)15(13)17-10-18-16/h3-8,10-11H,9H2,1-2H3,(H,20,22). The molecule has 0 spiro atoms. The maximum absolute atomic E-state index is 12.1. The smallest absolute Gasteiger partial charge is 0.230 e. The second-order valence-corrected chi connectivity index (χ2v) is 6.14. The number of fused-ring (bicyclic) bond motifs is 1. The van der Waals surface area contributed by atoms with Gasteiger partial charge in [-0.3, -0.25) is 9.48 Å². The predicted octanol–water partition coefficient (Wildman–Crippen LogP) is 2.33. The second kappa shape index (κ2) is 6.78. The molecule has 0 radical (unpaired) electrons. The molecule has 6 nitrogen and oxygen atoms in total. The number of nitrogens with zero attached hydrogens (tertiary/aromatic N) is 4. The van der Waals surface area contributed by atoms with E-state index in [0.29, 0.717) is 5.75 Å². The first-order valence-corrected chi connectivity index (χ1v) is 8.23. The van der Waals surface area contributed by atoms with E-state index in [2.05, 4.69) is 20.4 Å². The molecule has 1 atom stereocenters. The van der Waals surface area contributed by atoms with E-state index in [1.165, 1.54) is 18.1 Å². The molecule has 3 rings (SSSR count). The quantitative estimate of drug-likeness (QED) is 0.575. The first kappa shape index (κ1) is 15.5. The molecule has 0 aliphatic carbocycles.